The van der Waals surface area contributed by atoms with E-state index in [2.05, 4.69) is 15.5 Å². The van der Waals surface area contributed by atoms with Gasteiger partial charge in [-0.05, 0) is 37.4 Å². The summed E-state index contributed by atoms with van der Waals surface area (Å²) in [5.41, 5.74) is 0.425. The zero-order valence-corrected chi connectivity index (χ0v) is 17.2. The second-order valence-electron chi connectivity index (χ2n) is 7.35. The molecule has 1 aliphatic rings. The number of nitrogens with zero attached hydrogens (tertiary/aromatic N) is 1. The highest BCUT2D eigenvalue weighted by molar-refractivity contribution is 5.99. The predicted octanol–water partition coefficient (Wildman–Crippen LogP) is 1.68. The molecule has 156 valence electrons. The topological polar surface area (TPSA) is 79.9 Å². The minimum Gasteiger partial charge on any atom is -0.496 e. The fourth-order valence-electron chi connectivity index (χ4n) is 3.19. The third-order valence-electron chi connectivity index (χ3n) is 4.89. The molecule has 1 heterocycles. The average molecular weight is 392 g/mol. The SMILES string of the molecule is COc1ccccc1C(=O)NC(C(=O)NCCCCN1CCOCC1)C(C)C. The van der Waals surface area contributed by atoms with Gasteiger partial charge in [-0.3, -0.25) is 14.5 Å². The fourth-order valence-corrected chi connectivity index (χ4v) is 3.19. The van der Waals surface area contributed by atoms with Gasteiger partial charge in [0.15, 0.2) is 0 Å². The van der Waals surface area contributed by atoms with Crippen molar-refractivity contribution in [2.75, 3.05) is 46.5 Å². The Kier molecular flexibility index (Phi) is 9.23. The van der Waals surface area contributed by atoms with Crippen molar-refractivity contribution in [2.24, 2.45) is 5.92 Å². The molecule has 0 radical (unpaired) electrons. The van der Waals surface area contributed by atoms with E-state index in [0.717, 1.165) is 45.7 Å². The molecule has 1 unspecified atom stereocenters. The lowest BCUT2D eigenvalue weighted by Gasteiger charge is -2.26. The van der Waals surface area contributed by atoms with Gasteiger partial charge in [-0.25, -0.2) is 0 Å². The van der Waals surface area contributed by atoms with E-state index in [1.54, 1.807) is 24.3 Å². The van der Waals surface area contributed by atoms with E-state index in [1.807, 2.05) is 13.8 Å². The third kappa shape index (κ3) is 6.80. The first-order valence-corrected chi connectivity index (χ1v) is 10.0. The lowest BCUT2D eigenvalue weighted by atomic mass is 10.0. The second kappa shape index (κ2) is 11.7. The number of hydrogen-bond acceptors (Lipinski definition) is 5. The van der Waals surface area contributed by atoms with Crippen LogP contribution in [0.2, 0.25) is 0 Å². The lowest BCUT2D eigenvalue weighted by molar-refractivity contribution is -0.123. The minimum atomic E-state index is -0.586. The van der Waals surface area contributed by atoms with Crippen LogP contribution in [-0.2, 0) is 9.53 Å². The Morgan fingerprint density at radius 2 is 1.89 bits per heavy atom. The Labute approximate surface area is 167 Å². The molecule has 7 heteroatoms. The maximum absolute atomic E-state index is 12.6. The number of ether oxygens (including phenoxy) is 2. The zero-order valence-electron chi connectivity index (χ0n) is 17.2. The van der Waals surface area contributed by atoms with Crippen molar-refractivity contribution in [3.05, 3.63) is 29.8 Å². The smallest absolute Gasteiger partial charge is 0.255 e. The highest BCUT2D eigenvalue weighted by Crippen LogP contribution is 2.17. The summed E-state index contributed by atoms with van der Waals surface area (Å²) < 4.78 is 10.6. The van der Waals surface area contributed by atoms with Gasteiger partial charge < -0.3 is 20.1 Å². The maximum Gasteiger partial charge on any atom is 0.255 e. The summed E-state index contributed by atoms with van der Waals surface area (Å²) in [6.45, 7) is 9.05. The van der Waals surface area contributed by atoms with Gasteiger partial charge in [0.1, 0.15) is 11.8 Å². The summed E-state index contributed by atoms with van der Waals surface area (Å²) in [6, 6.07) is 6.41. The van der Waals surface area contributed by atoms with Crippen molar-refractivity contribution in [1.29, 1.82) is 0 Å². The quantitative estimate of drug-likeness (QED) is 0.593. The summed E-state index contributed by atoms with van der Waals surface area (Å²) in [5, 5.41) is 5.81. The highest BCUT2D eigenvalue weighted by atomic mass is 16.5. The van der Waals surface area contributed by atoms with E-state index in [1.165, 1.54) is 7.11 Å². The van der Waals surface area contributed by atoms with Crippen LogP contribution < -0.4 is 15.4 Å². The van der Waals surface area contributed by atoms with Gasteiger partial charge in [0, 0.05) is 19.6 Å². The molecular formula is C21H33N3O4. The molecule has 1 fully saturated rings. The third-order valence-corrected chi connectivity index (χ3v) is 4.89. The van der Waals surface area contributed by atoms with Crippen LogP contribution in [-0.4, -0.2) is 69.3 Å². The number of carbonyl (C=O) groups excluding carboxylic acids is 2. The summed E-state index contributed by atoms with van der Waals surface area (Å²) >= 11 is 0. The standard InChI is InChI=1S/C21H33N3O4/c1-16(2)19(23-20(25)17-8-4-5-9-18(17)27-3)21(26)22-10-6-7-11-24-12-14-28-15-13-24/h4-5,8-9,16,19H,6-7,10-15H2,1-3H3,(H,22,26)(H,23,25). The molecule has 2 N–H and O–H groups in total. The molecule has 2 rings (SSSR count). The van der Waals surface area contributed by atoms with Crippen LogP contribution in [0.15, 0.2) is 24.3 Å². The number of morpholine rings is 1. The number of rotatable bonds is 10. The molecule has 0 bridgehead atoms. The number of hydrogen-bond donors (Lipinski definition) is 2. The molecule has 1 atom stereocenters. The largest absolute Gasteiger partial charge is 0.496 e. The van der Waals surface area contributed by atoms with Gasteiger partial charge in [-0.2, -0.15) is 0 Å². The van der Waals surface area contributed by atoms with Gasteiger partial charge in [0.2, 0.25) is 5.91 Å². The molecule has 28 heavy (non-hydrogen) atoms. The molecule has 1 aromatic rings. The summed E-state index contributed by atoms with van der Waals surface area (Å²) in [6.07, 6.45) is 1.94. The van der Waals surface area contributed by atoms with E-state index in [4.69, 9.17) is 9.47 Å². The van der Waals surface area contributed by atoms with Crippen molar-refractivity contribution in [3.8, 4) is 5.75 Å². The molecule has 0 aliphatic carbocycles. The molecule has 1 aliphatic heterocycles. The molecule has 1 aromatic carbocycles. The number of unbranched alkanes of at least 4 members (excludes halogenated alkanes) is 1. The van der Waals surface area contributed by atoms with Crippen LogP contribution in [0.25, 0.3) is 0 Å². The molecule has 2 amide bonds. The lowest BCUT2D eigenvalue weighted by Crippen LogP contribution is -2.50. The first-order valence-electron chi connectivity index (χ1n) is 10.0. The highest BCUT2D eigenvalue weighted by Gasteiger charge is 2.25. The van der Waals surface area contributed by atoms with Crippen LogP contribution in [0.3, 0.4) is 0 Å². The molecule has 0 spiro atoms. The van der Waals surface area contributed by atoms with Crippen molar-refractivity contribution in [1.82, 2.24) is 15.5 Å². The van der Waals surface area contributed by atoms with Crippen LogP contribution in [0, 0.1) is 5.92 Å². The Balaban J connectivity index is 1.78. The van der Waals surface area contributed by atoms with E-state index < -0.39 is 6.04 Å². The van der Waals surface area contributed by atoms with Crippen LogP contribution in [0.4, 0.5) is 0 Å². The van der Waals surface area contributed by atoms with Crippen LogP contribution >= 0.6 is 0 Å². The average Bonchev–Trinajstić information content (AvgIpc) is 2.71. The summed E-state index contributed by atoms with van der Waals surface area (Å²) in [7, 11) is 1.52. The first-order chi connectivity index (χ1) is 13.5. The van der Waals surface area contributed by atoms with E-state index in [-0.39, 0.29) is 17.7 Å². The number of methoxy groups -OCH3 is 1. The van der Waals surface area contributed by atoms with Gasteiger partial charge >= 0.3 is 0 Å². The number of carbonyl (C=O) groups is 2. The van der Waals surface area contributed by atoms with Gasteiger partial charge in [0.05, 0.1) is 25.9 Å². The second-order valence-corrected chi connectivity index (χ2v) is 7.35. The Hall–Kier alpha value is -2.12. The molecule has 0 saturated carbocycles. The summed E-state index contributed by atoms with van der Waals surface area (Å²) in [4.78, 5) is 27.6. The van der Waals surface area contributed by atoms with Crippen molar-refractivity contribution in [2.45, 2.75) is 32.7 Å². The van der Waals surface area contributed by atoms with E-state index in [0.29, 0.717) is 17.9 Å². The summed E-state index contributed by atoms with van der Waals surface area (Å²) in [5.74, 6) is 0.0151. The normalized spacial score (nSPS) is 15.9. The predicted molar refractivity (Wildman–Crippen MR) is 109 cm³/mol. The molecule has 7 nitrogen and oxygen atoms in total. The molecule has 1 saturated heterocycles. The number of nitrogens with one attached hydrogen (secondary N) is 2. The van der Waals surface area contributed by atoms with Gasteiger partial charge in [-0.15, -0.1) is 0 Å². The van der Waals surface area contributed by atoms with Crippen LogP contribution in [0.1, 0.15) is 37.0 Å². The maximum atomic E-state index is 12.6. The number of amides is 2. The Bertz CT molecular complexity index is 630. The Morgan fingerprint density at radius 3 is 2.57 bits per heavy atom. The zero-order chi connectivity index (χ0) is 20.4. The fraction of sp³-hybridized carbons (Fsp3) is 0.619. The van der Waals surface area contributed by atoms with Crippen LogP contribution in [0.5, 0.6) is 5.75 Å². The minimum absolute atomic E-state index is 0.0213. The van der Waals surface area contributed by atoms with Gasteiger partial charge in [0.25, 0.3) is 5.91 Å². The van der Waals surface area contributed by atoms with Crippen molar-refractivity contribution >= 4 is 11.8 Å². The first kappa shape index (κ1) is 22.2. The number of para-hydroxylation sites is 1. The Morgan fingerprint density at radius 1 is 1.18 bits per heavy atom. The van der Waals surface area contributed by atoms with E-state index >= 15 is 0 Å². The van der Waals surface area contributed by atoms with Crippen molar-refractivity contribution in [3.63, 3.8) is 0 Å². The monoisotopic (exact) mass is 391 g/mol. The molecule has 0 aromatic heterocycles. The van der Waals surface area contributed by atoms with Gasteiger partial charge in [-0.1, -0.05) is 26.0 Å². The van der Waals surface area contributed by atoms with E-state index in [9.17, 15) is 9.59 Å². The molecular weight excluding hydrogens is 358 g/mol. The van der Waals surface area contributed by atoms with Crippen molar-refractivity contribution < 1.29 is 19.1 Å². The number of benzene rings is 1.